The summed E-state index contributed by atoms with van der Waals surface area (Å²) in [5, 5.41) is 0. The highest BCUT2D eigenvalue weighted by atomic mass is 14.6. The molecule has 226 valence electrons. The Morgan fingerprint density at radius 2 is 1.12 bits per heavy atom. The number of hydrogen-bond acceptors (Lipinski definition) is 0. The van der Waals surface area contributed by atoms with Crippen molar-refractivity contribution in [3.05, 3.63) is 106 Å². The van der Waals surface area contributed by atoms with Gasteiger partial charge in [-0.25, -0.2) is 0 Å². The zero-order chi connectivity index (χ0) is 30.0. The van der Waals surface area contributed by atoms with E-state index in [1.54, 1.807) is 38.9 Å². The summed E-state index contributed by atoms with van der Waals surface area (Å²) in [5.41, 5.74) is 11.7. The van der Waals surface area contributed by atoms with Crippen molar-refractivity contribution in [2.24, 2.45) is 29.1 Å². The molecule has 3 aromatic carbocycles. The molecule has 6 unspecified atom stereocenters. The van der Waals surface area contributed by atoms with Crippen molar-refractivity contribution in [1.29, 1.82) is 0 Å². The second-order valence-electron chi connectivity index (χ2n) is 14.3. The summed E-state index contributed by atoms with van der Waals surface area (Å²) in [4.78, 5) is 0. The van der Waals surface area contributed by atoms with Crippen molar-refractivity contribution >= 4 is 0 Å². The molecule has 3 aromatic rings. The summed E-state index contributed by atoms with van der Waals surface area (Å²) in [6.07, 6.45) is 9.88. The van der Waals surface area contributed by atoms with E-state index < -0.39 is 0 Å². The zero-order valence-corrected chi connectivity index (χ0v) is 28.0. The molecule has 5 rings (SSSR count). The molecule has 8 atom stereocenters. The van der Waals surface area contributed by atoms with Crippen molar-refractivity contribution in [2.75, 3.05) is 0 Å². The van der Waals surface area contributed by atoms with Gasteiger partial charge in [-0.3, -0.25) is 0 Å². The van der Waals surface area contributed by atoms with Crippen LogP contribution in [0.25, 0.3) is 0 Å². The van der Waals surface area contributed by atoms with E-state index in [0.717, 1.165) is 37.5 Å². The first-order chi connectivity index (χ1) is 20.3. The van der Waals surface area contributed by atoms with E-state index in [9.17, 15) is 0 Å². The Hall–Kier alpha value is -2.34. The smallest absolute Gasteiger partial charge is 0.0122 e. The molecule has 0 aromatic heterocycles. The normalized spacial score (nSPS) is 28.8. The van der Waals surface area contributed by atoms with Crippen LogP contribution in [0.5, 0.6) is 0 Å². The molecule has 0 N–H and O–H groups in total. The number of fused-ring (bicyclic) bond motifs is 1. The van der Waals surface area contributed by atoms with E-state index in [1.165, 1.54) is 25.7 Å². The van der Waals surface area contributed by atoms with E-state index in [2.05, 4.69) is 122 Å². The third-order valence-corrected chi connectivity index (χ3v) is 12.4. The SMILES string of the molecule is CCc1ccccc1C1CC2C(c3ccccc3CC)CC(C)C2(C(C)C[C@H](C)c2c(CC)cccc2CC)[C@@H](C)C1. The van der Waals surface area contributed by atoms with E-state index in [1.807, 2.05) is 0 Å². The highest BCUT2D eigenvalue weighted by Crippen LogP contribution is 2.69. The van der Waals surface area contributed by atoms with Crippen molar-refractivity contribution in [3.8, 4) is 0 Å². The monoisotopic (exact) mass is 562 g/mol. The zero-order valence-electron chi connectivity index (χ0n) is 28.0. The minimum atomic E-state index is 0.380. The van der Waals surface area contributed by atoms with Crippen LogP contribution in [-0.2, 0) is 25.7 Å². The van der Waals surface area contributed by atoms with Crippen LogP contribution in [-0.4, -0.2) is 0 Å². The van der Waals surface area contributed by atoms with Crippen LogP contribution in [0.2, 0.25) is 0 Å². The quantitative estimate of drug-likeness (QED) is 0.230. The van der Waals surface area contributed by atoms with E-state index in [0.29, 0.717) is 35.0 Å². The number of hydrogen-bond donors (Lipinski definition) is 0. The van der Waals surface area contributed by atoms with Gasteiger partial charge in [0.25, 0.3) is 0 Å². The molecule has 0 radical (unpaired) electrons. The Balaban J connectivity index is 1.57. The number of aryl methyl sites for hydroxylation is 4. The fraction of sp³-hybridized carbons (Fsp3) is 0.571. The molecule has 0 amide bonds. The molecule has 0 nitrogen and oxygen atoms in total. The minimum Gasteiger partial charge on any atom is -0.0620 e. The first-order valence-electron chi connectivity index (χ1n) is 17.6. The van der Waals surface area contributed by atoms with Crippen LogP contribution in [0.15, 0.2) is 66.7 Å². The van der Waals surface area contributed by atoms with E-state index >= 15 is 0 Å². The average Bonchev–Trinajstić information content (AvgIpc) is 3.33. The van der Waals surface area contributed by atoms with Crippen molar-refractivity contribution < 1.29 is 0 Å². The molecule has 2 aliphatic rings. The molecular formula is C42H58. The van der Waals surface area contributed by atoms with Gasteiger partial charge >= 0.3 is 0 Å². The van der Waals surface area contributed by atoms with Gasteiger partial charge in [-0.05, 0) is 137 Å². The van der Waals surface area contributed by atoms with Crippen molar-refractivity contribution in [1.82, 2.24) is 0 Å². The lowest BCUT2D eigenvalue weighted by Gasteiger charge is -2.55. The predicted octanol–water partition coefficient (Wildman–Crippen LogP) is 11.7. The van der Waals surface area contributed by atoms with Crippen LogP contribution in [0.1, 0.15) is 138 Å². The second-order valence-corrected chi connectivity index (χ2v) is 14.3. The molecular weight excluding hydrogens is 504 g/mol. The summed E-state index contributed by atoms with van der Waals surface area (Å²) < 4.78 is 0. The molecule has 2 fully saturated rings. The molecule has 0 saturated heterocycles. The lowest BCUT2D eigenvalue weighted by molar-refractivity contribution is -0.0471. The summed E-state index contributed by atoms with van der Waals surface area (Å²) in [6, 6.07) is 26.0. The number of rotatable bonds is 10. The summed E-state index contributed by atoms with van der Waals surface area (Å²) in [6.45, 7) is 19.9. The maximum Gasteiger partial charge on any atom is -0.0122 e. The standard InChI is InChI=1S/C42H58/c1-9-32-18-13-15-22-37(32)36-25-30(7)42(29(6)24-28(5)41-34(11-3)20-17-21-35(41)12-4)31(8)26-39(40(42)27-36)38-23-16-14-19-33(38)10-2/h13-23,28-31,36,39-40H,9-12,24-27H2,1-8H3/t28-,29?,30-,31?,36?,39?,40?,42?/m0/s1. The Morgan fingerprint density at radius 3 is 1.71 bits per heavy atom. The van der Waals surface area contributed by atoms with Gasteiger partial charge in [0.05, 0.1) is 0 Å². The van der Waals surface area contributed by atoms with Gasteiger partial charge in [-0.15, -0.1) is 0 Å². The van der Waals surface area contributed by atoms with Gasteiger partial charge < -0.3 is 0 Å². The first kappa shape index (κ1) is 31.1. The molecule has 2 aliphatic carbocycles. The maximum atomic E-state index is 2.67. The van der Waals surface area contributed by atoms with Crippen LogP contribution >= 0.6 is 0 Å². The Bertz CT molecular complexity index is 1310. The van der Waals surface area contributed by atoms with E-state index in [4.69, 9.17) is 0 Å². The van der Waals surface area contributed by atoms with Gasteiger partial charge in [0.15, 0.2) is 0 Å². The maximum absolute atomic E-state index is 2.67. The van der Waals surface area contributed by atoms with Crippen LogP contribution in [0.4, 0.5) is 0 Å². The fourth-order valence-electron chi connectivity index (χ4n) is 10.9. The number of benzene rings is 3. The van der Waals surface area contributed by atoms with Gasteiger partial charge in [0.1, 0.15) is 0 Å². The van der Waals surface area contributed by atoms with Crippen molar-refractivity contribution in [3.63, 3.8) is 0 Å². The van der Waals surface area contributed by atoms with Crippen molar-refractivity contribution in [2.45, 2.75) is 125 Å². The largest absolute Gasteiger partial charge is 0.0620 e. The van der Waals surface area contributed by atoms with Gasteiger partial charge in [-0.1, -0.05) is 122 Å². The molecule has 0 aliphatic heterocycles. The van der Waals surface area contributed by atoms with Gasteiger partial charge in [-0.2, -0.15) is 0 Å². The molecule has 0 spiro atoms. The second kappa shape index (κ2) is 13.1. The molecule has 0 heteroatoms. The fourth-order valence-corrected chi connectivity index (χ4v) is 10.9. The predicted molar refractivity (Wildman–Crippen MR) is 183 cm³/mol. The Kier molecular flexibility index (Phi) is 9.71. The lowest BCUT2D eigenvalue weighted by Crippen LogP contribution is -2.48. The minimum absolute atomic E-state index is 0.380. The highest BCUT2D eigenvalue weighted by molar-refractivity contribution is 5.39. The third kappa shape index (κ3) is 5.31. The molecule has 2 saturated carbocycles. The van der Waals surface area contributed by atoms with Gasteiger partial charge in [0, 0.05) is 0 Å². The molecule has 0 bridgehead atoms. The molecule has 42 heavy (non-hydrogen) atoms. The summed E-state index contributed by atoms with van der Waals surface area (Å²) in [5.74, 6) is 4.82. The highest BCUT2D eigenvalue weighted by Gasteiger charge is 2.61. The summed E-state index contributed by atoms with van der Waals surface area (Å²) >= 11 is 0. The lowest BCUT2D eigenvalue weighted by atomic mass is 9.49. The van der Waals surface area contributed by atoms with Crippen LogP contribution in [0, 0.1) is 29.1 Å². The first-order valence-corrected chi connectivity index (χ1v) is 17.6. The summed E-state index contributed by atoms with van der Waals surface area (Å²) in [7, 11) is 0. The van der Waals surface area contributed by atoms with Crippen LogP contribution in [0.3, 0.4) is 0 Å². The Labute approximate surface area is 258 Å². The topological polar surface area (TPSA) is 0 Å². The third-order valence-electron chi connectivity index (χ3n) is 12.4. The average molecular weight is 563 g/mol. The van der Waals surface area contributed by atoms with Gasteiger partial charge in [0.2, 0.25) is 0 Å². The van der Waals surface area contributed by atoms with Crippen LogP contribution < -0.4 is 0 Å². The van der Waals surface area contributed by atoms with E-state index in [-0.39, 0.29) is 0 Å². The molecule has 0 heterocycles. The Morgan fingerprint density at radius 1 is 0.619 bits per heavy atom.